The van der Waals surface area contributed by atoms with Crippen molar-refractivity contribution in [2.75, 3.05) is 7.11 Å². The number of aliphatic hydroxyl groups is 1. The molecule has 7 nitrogen and oxygen atoms in total. The molecule has 1 N–H and O–H groups in total. The second-order valence-corrected chi connectivity index (χ2v) is 6.63. The summed E-state index contributed by atoms with van der Waals surface area (Å²) < 4.78 is 25.2. The van der Waals surface area contributed by atoms with E-state index in [0.29, 0.717) is 12.2 Å². The van der Waals surface area contributed by atoms with Crippen molar-refractivity contribution in [3.05, 3.63) is 77.5 Å². The first-order chi connectivity index (χ1) is 13.3. The maximum absolute atomic E-state index is 13.0. The van der Waals surface area contributed by atoms with E-state index in [-0.39, 0.29) is 23.2 Å². The van der Waals surface area contributed by atoms with Crippen LogP contribution in [0.4, 0.5) is 4.39 Å². The minimum Gasteiger partial charge on any atom is -0.504 e. The Morgan fingerprint density at radius 1 is 1.29 bits per heavy atom. The van der Waals surface area contributed by atoms with Gasteiger partial charge in [0.05, 0.1) is 0 Å². The Hall–Kier alpha value is -3.26. The molecule has 3 aromatic rings. The van der Waals surface area contributed by atoms with E-state index in [2.05, 4.69) is 10.1 Å². The lowest BCUT2D eigenvalue weighted by Gasteiger charge is -2.22. The SMILES string of the molecule is COC(C)(C)n1cnc(/C(O)=C\C(=O)c2ccc(Cc3ccc(F)cc3)o2)n1. The number of benzene rings is 1. The molecule has 0 aliphatic heterocycles. The second-order valence-electron chi connectivity index (χ2n) is 6.63. The zero-order valence-electron chi connectivity index (χ0n) is 15.7. The van der Waals surface area contributed by atoms with Crippen molar-refractivity contribution in [3.63, 3.8) is 0 Å². The molecule has 8 heteroatoms. The molecule has 0 unspecified atom stereocenters. The van der Waals surface area contributed by atoms with Gasteiger partial charge in [-0.15, -0.1) is 5.10 Å². The number of aliphatic hydroxyl groups excluding tert-OH is 1. The van der Waals surface area contributed by atoms with Crippen LogP contribution < -0.4 is 0 Å². The molecule has 0 radical (unpaired) electrons. The van der Waals surface area contributed by atoms with Crippen LogP contribution in [-0.4, -0.2) is 32.8 Å². The molecule has 3 rings (SSSR count). The van der Waals surface area contributed by atoms with E-state index in [0.717, 1.165) is 11.6 Å². The van der Waals surface area contributed by atoms with Gasteiger partial charge in [-0.05, 0) is 43.7 Å². The number of rotatable bonds is 7. The molecule has 2 aromatic heterocycles. The highest BCUT2D eigenvalue weighted by atomic mass is 19.1. The standard InChI is InChI=1S/C20H20FN3O4/c1-20(2,27-3)24-12-22-19(23-24)17(26)11-16(25)18-9-8-15(28-18)10-13-4-6-14(21)7-5-13/h4-9,11-12,26H,10H2,1-3H3/b17-11+. The molecule has 0 atom stereocenters. The average molecular weight is 385 g/mol. The predicted molar refractivity (Wildman–Crippen MR) is 99.2 cm³/mol. The van der Waals surface area contributed by atoms with Gasteiger partial charge in [0.25, 0.3) is 0 Å². The summed E-state index contributed by atoms with van der Waals surface area (Å²) >= 11 is 0. The van der Waals surface area contributed by atoms with Crippen LogP contribution in [0.5, 0.6) is 0 Å². The van der Waals surface area contributed by atoms with Gasteiger partial charge in [0, 0.05) is 19.6 Å². The lowest BCUT2D eigenvalue weighted by molar-refractivity contribution is -0.0552. The van der Waals surface area contributed by atoms with E-state index in [1.54, 1.807) is 32.0 Å². The molecule has 0 fully saturated rings. The van der Waals surface area contributed by atoms with Crippen LogP contribution in [0.2, 0.25) is 0 Å². The number of aromatic nitrogens is 3. The number of carbonyl (C=O) groups is 1. The van der Waals surface area contributed by atoms with Crippen LogP contribution in [-0.2, 0) is 16.9 Å². The molecule has 0 saturated carbocycles. The summed E-state index contributed by atoms with van der Waals surface area (Å²) in [6, 6.07) is 9.20. The topological polar surface area (TPSA) is 90.4 Å². The highest BCUT2D eigenvalue weighted by Crippen LogP contribution is 2.18. The van der Waals surface area contributed by atoms with Gasteiger partial charge >= 0.3 is 0 Å². The van der Waals surface area contributed by atoms with E-state index in [4.69, 9.17) is 9.15 Å². The minimum atomic E-state index is -0.744. The summed E-state index contributed by atoms with van der Waals surface area (Å²) in [5, 5.41) is 14.3. The van der Waals surface area contributed by atoms with Crippen molar-refractivity contribution >= 4 is 11.5 Å². The Kier molecular flexibility index (Phi) is 5.41. The van der Waals surface area contributed by atoms with Crippen molar-refractivity contribution < 1.29 is 23.4 Å². The molecule has 0 bridgehead atoms. The molecule has 2 heterocycles. The van der Waals surface area contributed by atoms with Crippen molar-refractivity contribution in [2.24, 2.45) is 0 Å². The summed E-state index contributed by atoms with van der Waals surface area (Å²) in [5.74, 6) is -0.606. The third-order valence-electron chi connectivity index (χ3n) is 4.24. The number of furan rings is 1. The monoisotopic (exact) mass is 385 g/mol. The summed E-state index contributed by atoms with van der Waals surface area (Å²) in [7, 11) is 1.53. The number of ether oxygens (including phenoxy) is 1. The normalized spacial score (nSPS) is 12.4. The summed E-state index contributed by atoms with van der Waals surface area (Å²) in [4.78, 5) is 16.3. The fourth-order valence-electron chi connectivity index (χ4n) is 2.40. The number of allylic oxidation sites excluding steroid dienone is 1. The molecular formula is C20H20FN3O4. The number of halogens is 1. The van der Waals surface area contributed by atoms with Crippen LogP contribution in [0.3, 0.4) is 0 Å². The quantitative estimate of drug-likeness (QED) is 0.379. The van der Waals surface area contributed by atoms with Gasteiger partial charge in [-0.3, -0.25) is 4.79 Å². The van der Waals surface area contributed by atoms with Gasteiger partial charge in [-0.25, -0.2) is 14.1 Å². The second kappa shape index (κ2) is 7.77. The van der Waals surface area contributed by atoms with E-state index in [1.807, 2.05) is 0 Å². The fraction of sp³-hybridized carbons (Fsp3) is 0.250. The van der Waals surface area contributed by atoms with Gasteiger partial charge in [-0.2, -0.15) is 0 Å². The van der Waals surface area contributed by atoms with E-state index < -0.39 is 11.5 Å². The zero-order valence-corrected chi connectivity index (χ0v) is 15.7. The van der Waals surface area contributed by atoms with Crippen molar-refractivity contribution in [1.29, 1.82) is 0 Å². The Morgan fingerprint density at radius 2 is 2.00 bits per heavy atom. The first-order valence-electron chi connectivity index (χ1n) is 8.54. The number of methoxy groups -OCH3 is 1. The van der Waals surface area contributed by atoms with Crippen molar-refractivity contribution in [3.8, 4) is 0 Å². The van der Waals surface area contributed by atoms with Crippen LogP contribution in [0, 0.1) is 5.82 Å². The smallest absolute Gasteiger partial charge is 0.224 e. The Morgan fingerprint density at radius 3 is 2.68 bits per heavy atom. The maximum atomic E-state index is 13.0. The summed E-state index contributed by atoms with van der Waals surface area (Å²) in [5.41, 5.74) is 0.106. The third-order valence-corrected chi connectivity index (χ3v) is 4.24. The van der Waals surface area contributed by atoms with Crippen LogP contribution in [0.1, 0.15) is 41.6 Å². The number of nitrogens with zero attached hydrogens (tertiary/aromatic N) is 3. The maximum Gasteiger partial charge on any atom is 0.224 e. The van der Waals surface area contributed by atoms with Crippen molar-refractivity contribution in [1.82, 2.24) is 14.8 Å². The Labute approximate surface area is 161 Å². The van der Waals surface area contributed by atoms with Gasteiger partial charge in [0.1, 0.15) is 17.9 Å². The first kappa shape index (κ1) is 19.5. The van der Waals surface area contributed by atoms with E-state index >= 15 is 0 Å². The first-order valence-corrected chi connectivity index (χ1v) is 8.54. The minimum absolute atomic E-state index is 0.00318. The summed E-state index contributed by atoms with van der Waals surface area (Å²) in [6.45, 7) is 3.56. The fourth-order valence-corrected chi connectivity index (χ4v) is 2.40. The van der Waals surface area contributed by atoms with E-state index in [1.165, 1.54) is 36.3 Å². The highest BCUT2D eigenvalue weighted by Gasteiger charge is 2.22. The lowest BCUT2D eigenvalue weighted by atomic mass is 10.1. The largest absolute Gasteiger partial charge is 0.504 e. The molecule has 0 saturated heterocycles. The molecule has 0 aliphatic carbocycles. The Bertz CT molecular complexity index is 1000. The van der Waals surface area contributed by atoms with Crippen molar-refractivity contribution in [2.45, 2.75) is 26.0 Å². The average Bonchev–Trinajstić information content (AvgIpc) is 3.33. The zero-order chi connectivity index (χ0) is 20.3. The summed E-state index contributed by atoms with van der Waals surface area (Å²) in [6.07, 6.45) is 2.82. The molecule has 1 aromatic carbocycles. The molecule has 0 spiro atoms. The number of hydrogen-bond donors (Lipinski definition) is 1. The van der Waals surface area contributed by atoms with Gasteiger partial charge < -0.3 is 14.3 Å². The van der Waals surface area contributed by atoms with E-state index in [9.17, 15) is 14.3 Å². The Balaban J connectivity index is 1.72. The lowest BCUT2D eigenvalue weighted by Crippen LogP contribution is -2.28. The van der Waals surface area contributed by atoms with Crippen LogP contribution >= 0.6 is 0 Å². The number of ketones is 1. The van der Waals surface area contributed by atoms with Crippen LogP contribution in [0.25, 0.3) is 5.76 Å². The van der Waals surface area contributed by atoms with Gasteiger partial charge in [0.15, 0.2) is 17.2 Å². The molecule has 0 amide bonds. The molecule has 0 aliphatic rings. The van der Waals surface area contributed by atoms with Gasteiger partial charge in [-0.1, -0.05) is 12.1 Å². The number of hydrogen-bond acceptors (Lipinski definition) is 6. The molecule has 146 valence electrons. The van der Waals surface area contributed by atoms with Gasteiger partial charge in [0.2, 0.25) is 11.6 Å². The third kappa shape index (κ3) is 4.34. The number of carbonyl (C=O) groups excluding carboxylic acids is 1. The van der Waals surface area contributed by atoms with Crippen LogP contribution in [0.15, 0.2) is 53.2 Å². The highest BCUT2D eigenvalue weighted by molar-refractivity contribution is 6.05. The molecule has 28 heavy (non-hydrogen) atoms. The predicted octanol–water partition coefficient (Wildman–Crippen LogP) is 3.72. The molecular weight excluding hydrogens is 365 g/mol.